The summed E-state index contributed by atoms with van der Waals surface area (Å²) in [6.07, 6.45) is -2.31. The summed E-state index contributed by atoms with van der Waals surface area (Å²) >= 11 is 0. The molecular formula is C19H22F3N3O2. The van der Waals surface area contributed by atoms with E-state index in [9.17, 15) is 18.0 Å². The zero-order chi connectivity index (χ0) is 19.6. The molecule has 0 unspecified atom stereocenters. The van der Waals surface area contributed by atoms with Crippen LogP contribution in [-0.2, 0) is 30.4 Å². The molecule has 8 heteroatoms. The first kappa shape index (κ1) is 19.3. The largest absolute Gasteiger partial charge is 0.497 e. The van der Waals surface area contributed by atoms with Gasteiger partial charge in [0, 0.05) is 11.3 Å². The third-order valence-corrected chi connectivity index (χ3v) is 4.83. The molecule has 3 rings (SSSR count). The second-order valence-electron chi connectivity index (χ2n) is 6.58. The number of carbonyl (C=O) groups is 1. The second kappa shape index (κ2) is 7.62. The molecule has 1 aliphatic carbocycles. The number of nitrogens with zero attached hydrogens (tertiary/aromatic N) is 2. The maximum absolute atomic E-state index is 13.2. The molecule has 1 aromatic carbocycles. The first-order valence-electron chi connectivity index (χ1n) is 8.92. The van der Waals surface area contributed by atoms with Crippen LogP contribution in [0.25, 0.3) is 0 Å². The number of benzene rings is 1. The van der Waals surface area contributed by atoms with Crippen LogP contribution in [-0.4, -0.2) is 22.8 Å². The van der Waals surface area contributed by atoms with Crippen LogP contribution in [0.2, 0.25) is 0 Å². The number of hydrogen-bond donors (Lipinski definition) is 1. The molecule has 5 nitrogen and oxygen atoms in total. The maximum atomic E-state index is 13.2. The van der Waals surface area contributed by atoms with Crippen molar-refractivity contribution in [3.05, 3.63) is 46.8 Å². The highest BCUT2D eigenvalue weighted by Crippen LogP contribution is 2.36. The van der Waals surface area contributed by atoms with Gasteiger partial charge in [-0.15, -0.1) is 0 Å². The molecule has 1 heterocycles. The van der Waals surface area contributed by atoms with Gasteiger partial charge in [-0.05, 0) is 43.4 Å². The number of methoxy groups -OCH3 is 1. The zero-order valence-electron chi connectivity index (χ0n) is 15.3. The van der Waals surface area contributed by atoms with Gasteiger partial charge in [-0.3, -0.25) is 9.48 Å². The van der Waals surface area contributed by atoms with Crippen molar-refractivity contribution < 1.29 is 22.7 Å². The minimum atomic E-state index is -4.49. The van der Waals surface area contributed by atoms with Crippen molar-refractivity contribution in [3.63, 3.8) is 0 Å². The van der Waals surface area contributed by atoms with Crippen molar-refractivity contribution in [1.82, 2.24) is 15.1 Å². The molecule has 1 aliphatic rings. The lowest BCUT2D eigenvalue weighted by Gasteiger charge is -2.18. The molecule has 27 heavy (non-hydrogen) atoms. The van der Waals surface area contributed by atoms with Gasteiger partial charge in [0.2, 0.25) is 5.91 Å². The molecule has 1 N–H and O–H groups in total. The lowest BCUT2D eigenvalue weighted by molar-refractivity contribution is -0.142. The van der Waals surface area contributed by atoms with Crippen molar-refractivity contribution in [1.29, 1.82) is 0 Å². The number of alkyl halides is 3. The van der Waals surface area contributed by atoms with Crippen LogP contribution >= 0.6 is 0 Å². The lowest BCUT2D eigenvalue weighted by Crippen LogP contribution is -2.32. The molecule has 0 fully saturated rings. The van der Waals surface area contributed by atoms with E-state index in [0.717, 1.165) is 5.56 Å². The van der Waals surface area contributed by atoms with Crippen molar-refractivity contribution in [2.75, 3.05) is 7.11 Å². The third-order valence-electron chi connectivity index (χ3n) is 4.83. The lowest BCUT2D eigenvalue weighted by atomic mass is 10.0. The topological polar surface area (TPSA) is 56.2 Å². The zero-order valence-corrected chi connectivity index (χ0v) is 15.3. The van der Waals surface area contributed by atoms with Crippen LogP contribution in [0, 0.1) is 0 Å². The predicted octanol–water partition coefficient (Wildman–Crippen LogP) is 3.67. The highest BCUT2D eigenvalue weighted by atomic mass is 19.4. The number of halogens is 3. The average molecular weight is 381 g/mol. The number of hydrogen-bond acceptors (Lipinski definition) is 3. The standard InChI is InChI=1S/C19H22F3N3O2/c1-3-15(12-7-9-13(27-2)10-8-12)23-17(26)11-25-16-6-4-5-14(16)18(24-25)19(20,21)22/h7-10,15H,3-6,11H2,1-2H3,(H,23,26)/t15-/m1/s1. The van der Waals surface area contributed by atoms with E-state index in [1.165, 1.54) is 4.68 Å². The Bertz CT molecular complexity index is 813. The fourth-order valence-electron chi connectivity index (χ4n) is 3.50. The summed E-state index contributed by atoms with van der Waals surface area (Å²) in [5, 5.41) is 6.57. The molecule has 0 radical (unpaired) electrons. The fraction of sp³-hybridized carbons (Fsp3) is 0.474. The average Bonchev–Trinajstić information content (AvgIpc) is 3.23. The molecule has 0 saturated carbocycles. The number of nitrogens with one attached hydrogen (secondary N) is 1. The van der Waals surface area contributed by atoms with Gasteiger partial charge in [-0.1, -0.05) is 19.1 Å². The summed E-state index contributed by atoms with van der Waals surface area (Å²) in [5.41, 5.74) is 0.811. The number of aromatic nitrogens is 2. The molecule has 0 aliphatic heterocycles. The molecular weight excluding hydrogens is 359 g/mol. The summed E-state index contributed by atoms with van der Waals surface area (Å²) < 4.78 is 45.8. The summed E-state index contributed by atoms with van der Waals surface area (Å²) in [6.45, 7) is 1.72. The Kier molecular flexibility index (Phi) is 5.43. The quantitative estimate of drug-likeness (QED) is 0.831. The van der Waals surface area contributed by atoms with E-state index in [0.29, 0.717) is 37.1 Å². The first-order chi connectivity index (χ1) is 12.8. The number of ether oxygens (including phenoxy) is 1. The molecule has 2 aromatic rings. The van der Waals surface area contributed by atoms with E-state index in [1.54, 1.807) is 19.2 Å². The third kappa shape index (κ3) is 4.09. The van der Waals surface area contributed by atoms with E-state index in [4.69, 9.17) is 4.74 Å². The number of fused-ring (bicyclic) bond motifs is 1. The smallest absolute Gasteiger partial charge is 0.435 e. The van der Waals surface area contributed by atoms with E-state index in [-0.39, 0.29) is 24.1 Å². The molecule has 1 aromatic heterocycles. The highest BCUT2D eigenvalue weighted by Gasteiger charge is 2.40. The van der Waals surface area contributed by atoms with E-state index >= 15 is 0 Å². The van der Waals surface area contributed by atoms with Crippen LogP contribution in [0.3, 0.4) is 0 Å². The van der Waals surface area contributed by atoms with Gasteiger partial charge < -0.3 is 10.1 Å². The summed E-state index contributed by atoms with van der Waals surface area (Å²) in [7, 11) is 1.58. The van der Waals surface area contributed by atoms with E-state index < -0.39 is 11.9 Å². The van der Waals surface area contributed by atoms with Gasteiger partial charge in [0.25, 0.3) is 0 Å². The molecule has 0 spiro atoms. The van der Waals surface area contributed by atoms with Gasteiger partial charge in [-0.25, -0.2) is 0 Å². The Labute approximate surface area is 155 Å². The Hall–Kier alpha value is -2.51. The van der Waals surface area contributed by atoms with Crippen LogP contribution in [0.15, 0.2) is 24.3 Å². The van der Waals surface area contributed by atoms with Crippen LogP contribution < -0.4 is 10.1 Å². The van der Waals surface area contributed by atoms with Crippen molar-refractivity contribution in [2.45, 2.75) is 51.4 Å². The summed E-state index contributed by atoms with van der Waals surface area (Å²) in [5.74, 6) is 0.357. The van der Waals surface area contributed by atoms with Crippen molar-refractivity contribution in [3.8, 4) is 5.75 Å². The van der Waals surface area contributed by atoms with Crippen LogP contribution in [0.4, 0.5) is 13.2 Å². The molecule has 0 bridgehead atoms. The van der Waals surface area contributed by atoms with Gasteiger partial charge in [0.05, 0.1) is 13.2 Å². The van der Waals surface area contributed by atoms with Gasteiger partial charge in [0.1, 0.15) is 12.3 Å². The normalized spacial score (nSPS) is 14.7. The predicted molar refractivity (Wildman–Crippen MR) is 93.4 cm³/mol. The Morgan fingerprint density at radius 1 is 1.30 bits per heavy atom. The van der Waals surface area contributed by atoms with Crippen LogP contribution in [0.5, 0.6) is 5.75 Å². The molecule has 1 atom stereocenters. The Balaban J connectivity index is 1.73. The maximum Gasteiger partial charge on any atom is 0.435 e. The first-order valence-corrected chi connectivity index (χ1v) is 8.92. The van der Waals surface area contributed by atoms with E-state index in [1.807, 2.05) is 19.1 Å². The summed E-state index contributed by atoms with van der Waals surface area (Å²) in [6, 6.07) is 7.11. The van der Waals surface area contributed by atoms with E-state index in [2.05, 4.69) is 10.4 Å². The minimum absolute atomic E-state index is 0.217. The number of carbonyl (C=O) groups excluding carboxylic acids is 1. The SMILES string of the molecule is CC[C@@H](NC(=O)Cn1nc(C(F)(F)F)c2c1CCC2)c1ccc(OC)cc1. The van der Waals surface area contributed by atoms with Crippen LogP contribution in [0.1, 0.15) is 48.3 Å². The van der Waals surface area contributed by atoms with Gasteiger partial charge in [0.15, 0.2) is 5.69 Å². The molecule has 1 amide bonds. The molecule has 0 saturated heterocycles. The molecule has 146 valence electrons. The van der Waals surface area contributed by atoms with Gasteiger partial charge in [-0.2, -0.15) is 18.3 Å². The Morgan fingerprint density at radius 2 is 2.00 bits per heavy atom. The monoisotopic (exact) mass is 381 g/mol. The fourth-order valence-corrected chi connectivity index (χ4v) is 3.50. The summed E-state index contributed by atoms with van der Waals surface area (Å²) in [4.78, 5) is 12.5. The van der Waals surface area contributed by atoms with Crippen molar-refractivity contribution >= 4 is 5.91 Å². The minimum Gasteiger partial charge on any atom is -0.497 e. The van der Waals surface area contributed by atoms with Gasteiger partial charge >= 0.3 is 6.18 Å². The number of amides is 1. The van der Waals surface area contributed by atoms with Crippen molar-refractivity contribution in [2.24, 2.45) is 0 Å². The second-order valence-corrected chi connectivity index (χ2v) is 6.58. The highest BCUT2D eigenvalue weighted by molar-refractivity contribution is 5.76. The number of rotatable bonds is 6. The Morgan fingerprint density at radius 3 is 2.59 bits per heavy atom.